The lowest BCUT2D eigenvalue weighted by molar-refractivity contribution is 0.306. The number of halogens is 4. The normalized spacial score (nSPS) is 10.7. The second kappa shape index (κ2) is 9.07. The average molecular weight is 442 g/mol. The minimum absolute atomic E-state index is 0.137. The molecule has 3 rings (SSSR count). The van der Waals surface area contributed by atoms with E-state index in [2.05, 4.69) is 31.2 Å². The van der Waals surface area contributed by atoms with Gasteiger partial charge in [0, 0.05) is 17.7 Å². The van der Waals surface area contributed by atoms with Gasteiger partial charge in [0.2, 0.25) is 0 Å². The zero-order chi connectivity index (χ0) is 19.4. The van der Waals surface area contributed by atoms with Crippen LogP contribution in [0.5, 0.6) is 11.5 Å². The molecule has 0 aliphatic carbocycles. The van der Waals surface area contributed by atoms with Gasteiger partial charge in [-0.15, -0.1) is 0 Å². The zero-order valence-electron chi connectivity index (χ0n) is 14.4. The molecule has 27 heavy (non-hydrogen) atoms. The van der Waals surface area contributed by atoms with E-state index in [1.54, 1.807) is 12.1 Å². The van der Waals surface area contributed by atoms with Crippen molar-refractivity contribution < 1.29 is 9.47 Å². The number of benzene rings is 3. The molecule has 0 unspecified atom stereocenters. The molecule has 0 radical (unpaired) electrons. The molecular weight excluding hydrogens is 426 g/mol. The fourth-order valence-corrected chi connectivity index (χ4v) is 3.44. The number of hydrogen-bond acceptors (Lipinski definition) is 2. The molecule has 0 aliphatic heterocycles. The van der Waals surface area contributed by atoms with Gasteiger partial charge >= 0.3 is 0 Å². The van der Waals surface area contributed by atoms with E-state index in [9.17, 15) is 0 Å². The molecule has 0 bridgehead atoms. The van der Waals surface area contributed by atoms with Gasteiger partial charge in [-0.1, -0.05) is 82.8 Å². The summed E-state index contributed by atoms with van der Waals surface area (Å²) in [5, 5.41) is 3.05. The number of hydrogen-bond donors (Lipinski definition) is 0. The standard InChI is InChI=1S/C21H16Cl4O2/c1-13-6-7-14-4-2-3-5-16(14)17(13)12-27-21-18(22)10-15(11-19(21)23)26-9-8-20(24)25/h2-8,10-11H,9,12H2,1H3. The van der Waals surface area contributed by atoms with E-state index in [1.807, 2.05) is 12.1 Å². The summed E-state index contributed by atoms with van der Waals surface area (Å²) in [6.45, 7) is 2.63. The summed E-state index contributed by atoms with van der Waals surface area (Å²) in [5.41, 5.74) is 2.24. The van der Waals surface area contributed by atoms with Crippen LogP contribution >= 0.6 is 46.4 Å². The number of aryl methyl sites for hydroxylation is 1. The van der Waals surface area contributed by atoms with Gasteiger partial charge in [0.25, 0.3) is 0 Å². The minimum Gasteiger partial charge on any atom is -0.489 e. The SMILES string of the molecule is Cc1ccc2ccccc2c1COc1c(Cl)cc(OCC=C(Cl)Cl)cc1Cl. The molecule has 0 heterocycles. The molecule has 3 aromatic rings. The van der Waals surface area contributed by atoms with E-state index in [-0.39, 0.29) is 11.1 Å². The summed E-state index contributed by atoms with van der Waals surface area (Å²) in [6.07, 6.45) is 1.53. The first kappa shape index (κ1) is 20.2. The van der Waals surface area contributed by atoms with Crippen molar-refractivity contribution in [3.63, 3.8) is 0 Å². The van der Waals surface area contributed by atoms with Gasteiger partial charge in [-0.25, -0.2) is 0 Å². The van der Waals surface area contributed by atoms with Gasteiger partial charge in [0.05, 0.1) is 10.0 Å². The molecule has 6 heteroatoms. The molecule has 0 spiro atoms. The number of rotatable bonds is 6. The molecule has 2 nitrogen and oxygen atoms in total. The quantitative estimate of drug-likeness (QED) is 0.389. The molecule has 0 fully saturated rings. The summed E-state index contributed by atoms with van der Waals surface area (Å²) in [7, 11) is 0. The first-order chi connectivity index (χ1) is 13.0. The van der Waals surface area contributed by atoms with Crippen molar-refractivity contribution >= 4 is 57.2 Å². The largest absolute Gasteiger partial charge is 0.489 e. The van der Waals surface area contributed by atoms with Crippen molar-refractivity contribution in [3.8, 4) is 11.5 Å². The highest BCUT2D eigenvalue weighted by molar-refractivity contribution is 6.55. The zero-order valence-corrected chi connectivity index (χ0v) is 17.5. The Morgan fingerprint density at radius 2 is 1.67 bits per heavy atom. The molecular formula is C21H16Cl4O2. The first-order valence-corrected chi connectivity index (χ1v) is 9.70. The highest BCUT2D eigenvalue weighted by atomic mass is 35.5. The molecule has 0 N–H and O–H groups in total. The summed E-state index contributed by atoms with van der Waals surface area (Å²) in [4.78, 5) is 0. The van der Waals surface area contributed by atoms with Gasteiger partial charge < -0.3 is 9.47 Å². The van der Waals surface area contributed by atoms with Crippen LogP contribution in [0.25, 0.3) is 10.8 Å². The van der Waals surface area contributed by atoms with E-state index in [4.69, 9.17) is 55.9 Å². The Morgan fingerprint density at radius 1 is 0.963 bits per heavy atom. The first-order valence-electron chi connectivity index (χ1n) is 8.18. The summed E-state index contributed by atoms with van der Waals surface area (Å²) >= 11 is 23.8. The van der Waals surface area contributed by atoms with E-state index in [0.29, 0.717) is 28.2 Å². The van der Waals surface area contributed by atoms with E-state index >= 15 is 0 Å². The summed E-state index contributed by atoms with van der Waals surface area (Å²) in [5.74, 6) is 0.925. The molecule has 0 aliphatic rings. The maximum Gasteiger partial charge on any atom is 0.157 e. The van der Waals surface area contributed by atoms with Crippen molar-refractivity contribution in [1.29, 1.82) is 0 Å². The molecule has 0 saturated heterocycles. The van der Waals surface area contributed by atoms with E-state index in [1.165, 1.54) is 6.08 Å². The van der Waals surface area contributed by atoms with Crippen molar-refractivity contribution in [2.24, 2.45) is 0 Å². The topological polar surface area (TPSA) is 18.5 Å². The maximum absolute atomic E-state index is 6.34. The van der Waals surface area contributed by atoms with Crippen LogP contribution in [0, 0.1) is 6.92 Å². The Bertz CT molecular complexity index is 972. The molecule has 0 aromatic heterocycles. The highest BCUT2D eigenvalue weighted by Gasteiger charge is 2.13. The van der Waals surface area contributed by atoms with Crippen LogP contribution in [0.4, 0.5) is 0 Å². The lowest BCUT2D eigenvalue weighted by atomic mass is 10.0. The number of fused-ring (bicyclic) bond motifs is 1. The lowest BCUT2D eigenvalue weighted by Crippen LogP contribution is -2.01. The molecule has 0 atom stereocenters. The third kappa shape index (κ3) is 5.03. The van der Waals surface area contributed by atoms with Gasteiger partial charge in [-0.05, 0) is 29.3 Å². The highest BCUT2D eigenvalue weighted by Crippen LogP contribution is 2.38. The van der Waals surface area contributed by atoms with Crippen LogP contribution in [0.3, 0.4) is 0 Å². The van der Waals surface area contributed by atoms with Crippen LogP contribution in [-0.2, 0) is 6.61 Å². The fourth-order valence-electron chi connectivity index (χ4n) is 2.74. The van der Waals surface area contributed by atoms with Crippen LogP contribution in [0.1, 0.15) is 11.1 Å². The minimum atomic E-state index is 0.137. The Balaban J connectivity index is 1.81. The average Bonchev–Trinajstić information content (AvgIpc) is 2.62. The second-order valence-corrected chi connectivity index (χ2v) is 7.71. The maximum atomic E-state index is 6.34. The Hall–Kier alpha value is -1.58. The van der Waals surface area contributed by atoms with Crippen LogP contribution in [0.2, 0.25) is 10.0 Å². The smallest absolute Gasteiger partial charge is 0.157 e. The predicted octanol–water partition coefficient (Wildman–Crippen LogP) is 7.73. The van der Waals surface area contributed by atoms with Crippen molar-refractivity contribution in [3.05, 3.63) is 80.3 Å². The van der Waals surface area contributed by atoms with Crippen molar-refractivity contribution in [1.82, 2.24) is 0 Å². The molecule has 0 saturated carbocycles. The van der Waals surface area contributed by atoms with Gasteiger partial charge in [0.1, 0.15) is 23.5 Å². The molecule has 0 amide bonds. The van der Waals surface area contributed by atoms with E-state index in [0.717, 1.165) is 21.9 Å². The predicted molar refractivity (Wildman–Crippen MR) is 115 cm³/mol. The monoisotopic (exact) mass is 440 g/mol. The van der Waals surface area contributed by atoms with Crippen LogP contribution in [-0.4, -0.2) is 6.61 Å². The molecule has 3 aromatic carbocycles. The lowest BCUT2D eigenvalue weighted by Gasteiger charge is -2.15. The summed E-state index contributed by atoms with van der Waals surface area (Å²) in [6, 6.07) is 15.7. The Morgan fingerprint density at radius 3 is 2.37 bits per heavy atom. The summed E-state index contributed by atoms with van der Waals surface area (Å²) < 4.78 is 11.6. The fraction of sp³-hybridized carbons (Fsp3) is 0.143. The Labute approximate surface area is 178 Å². The second-order valence-electron chi connectivity index (χ2n) is 5.89. The Kier molecular flexibility index (Phi) is 6.78. The van der Waals surface area contributed by atoms with Crippen LogP contribution < -0.4 is 9.47 Å². The number of ether oxygens (including phenoxy) is 2. The van der Waals surface area contributed by atoms with Crippen LogP contribution in [0.15, 0.2) is 59.1 Å². The third-order valence-electron chi connectivity index (χ3n) is 4.10. The van der Waals surface area contributed by atoms with Gasteiger partial charge in [-0.2, -0.15) is 0 Å². The van der Waals surface area contributed by atoms with Crippen molar-refractivity contribution in [2.75, 3.05) is 6.61 Å². The van der Waals surface area contributed by atoms with Crippen molar-refractivity contribution in [2.45, 2.75) is 13.5 Å². The van der Waals surface area contributed by atoms with Gasteiger partial charge in [0.15, 0.2) is 5.75 Å². The third-order valence-corrected chi connectivity index (χ3v) is 4.97. The van der Waals surface area contributed by atoms with E-state index < -0.39 is 0 Å². The van der Waals surface area contributed by atoms with Gasteiger partial charge in [-0.3, -0.25) is 0 Å². The molecule has 140 valence electrons.